The zero-order valence-corrected chi connectivity index (χ0v) is 47.1. The minimum atomic E-state index is -0.809. The zero-order valence-electron chi connectivity index (χ0n) is 47.1. The third-order valence-electron chi connectivity index (χ3n) is 12.2. The summed E-state index contributed by atoms with van der Waals surface area (Å²) in [6.07, 6.45) is 84.8. The van der Waals surface area contributed by atoms with Gasteiger partial charge in [-0.1, -0.05) is 257 Å². The number of rotatable bonds is 52. The van der Waals surface area contributed by atoms with Gasteiger partial charge in [0.15, 0.2) is 6.10 Å². The van der Waals surface area contributed by atoms with Gasteiger partial charge in [-0.2, -0.15) is 0 Å². The van der Waals surface area contributed by atoms with Gasteiger partial charge in [0, 0.05) is 19.3 Å². The van der Waals surface area contributed by atoms with E-state index in [1.807, 2.05) is 0 Å². The van der Waals surface area contributed by atoms with E-state index in [0.29, 0.717) is 19.3 Å². The molecule has 0 aliphatic heterocycles. The van der Waals surface area contributed by atoms with Crippen LogP contribution in [0.4, 0.5) is 0 Å². The van der Waals surface area contributed by atoms with Crippen LogP contribution in [0.3, 0.4) is 0 Å². The Hall–Kier alpha value is -4.45. The highest BCUT2D eigenvalue weighted by molar-refractivity contribution is 5.71. The molecule has 0 N–H and O–H groups in total. The maximum atomic E-state index is 12.8. The zero-order chi connectivity index (χ0) is 52.9. The second kappa shape index (κ2) is 60.1. The van der Waals surface area contributed by atoms with Crippen molar-refractivity contribution >= 4 is 17.9 Å². The topological polar surface area (TPSA) is 78.9 Å². The van der Waals surface area contributed by atoms with E-state index in [4.69, 9.17) is 14.2 Å². The Kier molecular flexibility index (Phi) is 56.4. The Morgan fingerprint density at radius 2 is 0.548 bits per heavy atom. The summed E-state index contributed by atoms with van der Waals surface area (Å²) < 4.78 is 16.7. The molecule has 0 aromatic carbocycles. The Morgan fingerprint density at radius 1 is 0.288 bits per heavy atom. The van der Waals surface area contributed by atoms with Crippen molar-refractivity contribution in [2.75, 3.05) is 13.2 Å². The first-order valence-electron chi connectivity index (χ1n) is 29.7. The molecule has 6 heteroatoms. The molecular weight excluding hydrogens is 901 g/mol. The number of hydrogen-bond donors (Lipinski definition) is 0. The largest absolute Gasteiger partial charge is 0.462 e. The molecule has 0 fully saturated rings. The molecule has 0 amide bonds. The summed E-state index contributed by atoms with van der Waals surface area (Å²) in [6, 6.07) is 0. The lowest BCUT2D eigenvalue weighted by Gasteiger charge is -2.18. The maximum Gasteiger partial charge on any atom is 0.306 e. The highest BCUT2D eigenvalue weighted by atomic mass is 16.6. The molecular formula is C67H108O6. The Bertz CT molecular complexity index is 1580. The summed E-state index contributed by atoms with van der Waals surface area (Å²) in [5.41, 5.74) is 0. The molecule has 73 heavy (non-hydrogen) atoms. The van der Waals surface area contributed by atoms with E-state index in [-0.39, 0.29) is 37.5 Å². The molecule has 412 valence electrons. The van der Waals surface area contributed by atoms with Crippen LogP contribution in [0.2, 0.25) is 0 Å². The molecule has 0 aliphatic carbocycles. The van der Waals surface area contributed by atoms with E-state index in [1.54, 1.807) is 0 Å². The van der Waals surface area contributed by atoms with Crippen molar-refractivity contribution in [1.82, 2.24) is 0 Å². The van der Waals surface area contributed by atoms with Crippen LogP contribution in [0.1, 0.15) is 252 Å². The van der Waals surface area contributed by atoms with Gasteiger partial charge in [-0.25, -0.2) is 0 Å². The van der Waals surface area contributed by atoms with Gasteiger partial charge in [-0.15, -0.1) is 0 Å². The summed E-state index contributed by atoms with van der Waals surface area (Å²) in [5.74, 6) is -0.974. The summed E-state index contributed by atoms with van der Waals surface area (Å²) >= 11 is 0. The first kappa shape index (κ1) is 68.6. The van der Waals surface area contributed by atoms with Gasteiger partial charge in [-0.3, -0.25) is 14.4 Å². The van der Waals surface area contributed by atoms with Crippen LogP contribution in [0, 0.1) is 0 Å². The van der Waals surface area contributed by atoms with Crippen LogP contribution in [0.15, 0.2) is 134 Å². The van der Waals surface area contributed by atoms with Crippen LogP contribution < -0.4 is 0 Å². The average Bonchev–Trinajstić information content (AvgIpc) is 3.39. The quantitative estimate of drug-likeness (QED) is 0.0261. The Labute approximate surface area is 449 Å². The minimum absolute atomic E-state index is 0.103. The van der Waals surface area contributed by atoms with Gasteiger partial charge < -0.3 is 14.2 Å². The van der Waals surface area contributed by atoms with E-state index in [1.165, 1.54) is 89.9 Å². The van der Waals surface area contributed by atoms with Crippen LogP contribution in [0.5, 0.6) is 0 Å². The molecule has 0 bridgehead atoms. The van der Waals surface area contributed by atoms with Crippen molar-refractivity contribution in [3.05, 3.63) is 134 Å². The highest BCUT2D eigenvalue weighted by Crippen LogP contribution is 2.15. The van der Waals surface area contributed by atoms with Crippen molar-refractivity contribution < 1.29 is 28.6 Å². The lowest BCUT2D eigenvalue weighted by atomic mass is 10.0. The molecule has 0 radical (unpaired) electrons. The summed E-state index contributed by atoms with van der Waals surface area (Å²) in [6.45, 7) is 6.31. The molecule has 0 saturated heterocycles. The maximum absolute atomic E-state index is 12.8. The van der Waals surface area contributed by atoms with Crippen molar-refractivity contribution in [1.29, 1.82) is 0 Å². The Balaban J connectivity index is 4.18. The van der Waals surface area contributed by atoms with E-state index < -0.39 is 6.10 Å². The summed E-state index contributed by atoms with van der Waals surface area (Å²) in [7, 11) is 0. The Morgan fingerprint density at radius 3 is 0.877 bits per heavy atom. The molecule has 0 rings (SSSR count). The molecule has 0 saturated carbocycles. The van der Waals surface area contributed by atoms with Crippen molar-refractivity contribution in [2.45, 2.75) is 258 Å². The monoisotopic (exact) mass is 1010 g/mol. The lowest BCUT2D eigenvalue weighted by molar-refractivity contribution is -0.167. The second-order valence-electron chi connectivity index (χ2n) is 19.1. The number of ether oxygens (including phenoxy) is 3. The fourth-order valence-electron chi connectivity index (χ4n) is 7.78. The van der Waals surface area contributed by atoms with Crippen LogP contribution >= 0.6 is 0 Å². The number of hydrogen-bond acceptors (Lipinski definition) is 6. The minimum Gasteiger partial charge on any atom is -0.462 e. The summed E-state index contributed by atoms with van der Waals surface area (Å²) in [5, 5.41) is 0. The molecule has 0 aromatic heterocycles. The molecule has 1 unspecified atom stereocenters. The summed E-state index contributed by atoms with van der Waals surface area (Å²) in [4.78, 5) is 37.9. The van der Waals surface area contributed by atoms with Gasteiger partial charge in [0.05, 0.1) is 0 Å². The third kappa shape index (κ3) is 58.3. The normalized spacial score (nSPS) is 13.1. The first-order valence-corrected chi connectivity index (χ1v) is 29.7. The molecule has 0 aromatic rings. The molecule has 0 spiro atoms. The predicted molar refractivity (Wildman–Crippen MR) is 316 cm³/mol. The number of carbonyl (C=O) groups excluding carboxylic acids is 3. The molecule has 0 heterocycles. The second-order valence-corrected chi connectivity index (χ2v) is 19.1. The van der Waals surface area contributed by atoms with Crippen molar-refractivity contribution in [3.63, 3.8) is 0 Å². The van der Waals surface area contributed by atoms with Gasteiger partial charge in [-0.05, 0) is 109 Å². The smallest absolute Gasteiger partial charge is 0.306 e. The number of unbranched alkanes of at least 4 members (excludes halogenated alkanes) is 19. The van der Waals surface area contributed by atoms with Gasteiger partial charge in [0.25, 0.3) is 0 Å². The number of carbonyl (C=O) groups is 3. The first-order chi connectivity index (χ1) is 36.0. The molecule has 0 aliphatic rings. The molecule has 6 nitrogen and oxygen atoms in total. The van der Waals surface area contributed by atoms with E-state index >= 15 is 0 Å². The SMILES string of the molecule is CC/C=C\C/C=C\C/C=C\C/C=C\C/C=C\C/C=C\CCCCCCCCCCCCCCC(=O)OCC(COC(=O)CCCCCCCCC)OC(=O)CCC/C=C\C/C=C\C/C=C\C/C=C\C/C=C\CC. The third-order valence-corrected chi connectivity index (χ3v) is 12.2. The number of allylic oxidation sites excluding steroid dienone is 22. The van der Waals surface area contributed by atoms with E-state index in [9.17, 15) is 14.4 Å². The number of esters is 3. The van der Waals surface area contributed by atoms with Crippen LogP contribution in [-0.4, -0.2) is 37.2 Å². The fraction of sp³-hybridized carbons (Fsp3) is 0.627. The predicted octanol–water partition coefficient (Wildman–Crippen LogP) is 20.2. The van der Waals surface area contributed by atoms with Crippen LogP contribution in [-0.2, 0) is 28.6 Å². The highest BCUT2D eigenvalue weighted by Gasteiger charge is 2.19. The van der Waals surface area contributed by atoms with Crippen molar-refractivity contribution in [2.24, 2.45) is 0 Å². The van der Waals surface area contributed by atoms with E-state index in [2.05, 4.69) is 154 Å². The lowest BCUT2D eigenvalue weighted by Crippen LogP contribution is -2.30. The standard InChI is InChI=1S/C67H108O6/c1-4-7-10-13-16-18-20-22-24-26-27-28-29-30-31-32-33-34-35-36-37-38-39-41-42-44-46-48-51-54-57-60-66(69)72-63-64(62-71-65(68)59-56-53-50-15-12-9-6-3)73-67(70)61-58-55-52-49-47-45-43-40-25-23-21-19-17-14-11-8-5-2/h7-8,10-11,16-19,22-25,27-28,30-31,33-34,43,45,49,52,64H,4-6,9,12-15,20-21,26,29,32,35-42,44,46-48,50-51,53-63H2,1-3H3/b10-7-,11-8-,18-16-,19-17-,24-22-,25-23-,28-27-,31-30-,34-33-,45-43-,52-49-. The van der Waals surface area contributed by atoms with Crippen molar-refractivity contribution in [3.8, 4) is 0 Å². The molecule has 1 atom stereocenters. The van der Waals surface area contributed by atoms with Gasteiger partial charge in [0.1, 0.15) is 13.2 Å². The van der Waals surface area contributed by atoms with Gasteiger partial charge >= 0.3 is 17.9 Å². The average molecular weight is 1010 g/mol. The van der Waals surface area contributed by atoms with Crippen LogP contribution in [0.25, 0.3) is 0 Å². The van der Waals surface area contributed by atoms with Gasteiger partial charge in [0.2, 0.25) is 0 Å². The van der Waals surface area contributed by atoms with E-state index in [0.717, 1.165) is 116 Å². The fourth-order valence-corrected chi connectivity index (χ4v) is 7.78.